The first-order chi connectivity index (χ1) is 7.63. The van der Waals surface area contributed by atoms with Gasteiger partial charge in [0, 0.05) is 12.6 Å². The van der Waals surface area contributed by atoms with Crippen molar-refractivity contribution in [3.05, 3.63) is 35.9 Å². The summed E-state index contributed by atoms with van der Waals surface area (Å²) < 4.78 is 0. The standard InChI is InChI=1S/C13H19NO2.ClH/c1-3-11(2)14(10-13(15)16)9-12-7-5-4-6-8-12;/h4-8,11H,3,9-10H2,1-2H3,(H,15,16);1H. The molecular weight excluding hydrogens is 238 g/mol. The molecule has 0 bridgehead atoms. The predicted molar refractivity (Wildman–Crippen MR) is 71.5 cm³/mol. The fraction of sp³-hybridized carbons (Fsp3) is 0.462. The predicted octanol–water partition coefficient (Wildman–Crippen LogP) is 2.79. The number of nitrogens with zero attached hydrogens (tertiary/aromatic N) is 1. The van der Waals surface area contributed by atoms with Crippen molar-refractivity contribution in [2.24, 2.45) is 0 Å². The van der Waals surface area contributed by atoms with Crippen molar-refractivity contribution in [3.63, 3.8) is 0 Å². The van der Waals surface area contributed by atoms with E-state index >= 15 is 0 Å². The fourth-order valence-corrected chi connectivity index (χ4v) is 1.62. The zero-order valence-corrected chi connectivity index (χ0v) is 11.1. The lowest BCUT2D eigenvalue weighted by molar-refractivity contribution is -0.139. The Labute approximate surface area is 109 Å². The van der Waals surface area contributed by atoms with Crippen LogP contribution in [-0.2, 0) is 11.3 Å². The lowest BCUT2D eigenvalue weighted by Gasteiger charge is -2.26. The molecule has 0 aromatic heterocycles. The van der Waals surface area contributed by atoms with Crippen LogP contribution < -0.4 is 0 Å². The molecular formula is C13H20ClNO2. The molecule has 1 aromatic carbocycles. The van der Waals surface area contributed by atoms with E-state index in [9.17, 15) is 4.79 Å². The first-order valence-corrected chi connectivity index (χ1v) is 5.63. The summed E-state index contributed by atoms with van der Waals surface area (Å²) in [4.78, 5) is 12.8. The number of halogens is 1. The van der Waals surface area contributed by atoms with E-state index in [0.29, 0.717) is 6.54 Å². The van der Waals surface area contributed by atoms with Crippen LogP contribution in [0.3, 0.4) is 0 Å². The summed E-state index contributed by atoms with van der Waals surface area (Å²) in [6.45, 7) is 4.93. The lowest BCUT2D eigenvalue weighted by atomic mass is 10.1. The molecule has 17 heavy (non-hydrogen) atoms. The second-order valence-corrected chi connectivity index (χ2v) is 4.04. The smallest absolute Gasteiger partial charge is 0.317 e. The van der Waals surface area contributed by atoms with Crippen molar-refractivity contribution >= 4 is 18.4 Å². The minimum atomic E-state index is -0.767. The number of carboxylic acid groups (broad SMARTS) is 1. The summed E-state index contributed by atoms with van der Waals surface area (Å²) in [6.07, 6.45) is 0.958. The van der Waals surface area contributed by atoms with Gasteiger partial charge in [0.15, 0.2) is 0 Å². The largest absolute Gasteiger partial charge is 0.480 e. The van der Waals surface area contributed by atoms with Crippen LogP contribution >= 0.6 is 12.4 Å². The molecule has 0 saturated heterocycles. The van der Waals surface area contributed by atoms with E-state index in [1.165, 1.54) is 0 Å². The summed E-state index contributed by atoms with van der Waals surface area (Å²) in [7, 11) is 0. The van der Waals surface area contributed by atoms with Gasteiger partial charge in [0.2, 0.25) is 0 Å². The zero-order chi connectivity index (χ0) is 12.0. The zero-order valence-electron chi connectivity index (χ0n) is 10.3. The third-order valence-corrected chi connectivity index (χ3v) is 2.78. The summed E-state index contributed by atoms with van der Waals surface area (Å²) >= 11 is 0. The number of carbonyl (C=O) groups is 1. The maximum atomic E-state index is 10.8. The number of aliphatic carboxylic acids is 1. The van der Waals surface area contributed by atoms with E-state index in [1.54, 1.807) is 0 Å². The first kappa shape index (κ1) is 15.9. The third-order valence-electron chi connectivity index (χ3n) is 2.78. The number of hydrogen-bond donors (Lipinski definition) is 1. The molecule has 0 aliphatic heterocycles. The van der Waals surface area contributed by atoms with Crippen LogP contribution in [0.5, 0.6) is 0 Å². The first-order valence-electron chi connectivity index (χ1n) is 5.63. The van der Waals surface area contributed by atoms with Gasteiger partial charge in [-0.1, -0.05) is 37.3 Å². The summed E-state index contributed by atoms with van der Waals surface area (Å²) in [5.74, 6) is -0.767. The van der Waals surface area contributed by atoms with Gasteiger partial charge in [0.25, 0.3) is 0 Å². The van der Waals surface area contributed by atoms with Crippen LogP contribution in [0.25, 0.3) is 0 Å². The van der Waals surface area contributed by atoms with Crippen LogP contribution in [-0.4, -0.2) is 28.6 Å². The molecule has 3 nitrogen and oxygen atoms in total. The van der Waals surface area contributed by atoms with Gasteiger partial charge in [-0.15, -0.1) is 12.4 Å². The van der Waals surface area contributed by atoms with E-state index in [-0.39, 0.29) is 25.0 Å². The van der Waals surface area contributed by atoms with Crippen molar-refractivity contribution in [3.8, 4) is 0 Å². The minimum Gasteiger partial charge on any atom is -0.480 e. The van der Waals surface area contributed by atoms with E-state index in [0.717, 1.165) is 12.0 Å². The molecule has 0 fully saturated rings. The van der Waals surface area contributed by atoms with Gasteiger partial charge in [0.05, 0.1) is 6.54 Å². The average Bonchev–Trinajstić information content (AvgIpc) is 2.28. The molecule has 0 saturated carbocycles. The lowest BCUT2D eigenvalue weighted by Crippen LogP contribution is -2.36. The van der Waals surface area contributed by atoms with Crippen molar-refractivity contribution in [1.29, 1.82) is 0 Å². The van der Waals surface area contributed by atoms with Crippen molar-refractivity contribution < 1.29 is 9.90 Å². The number of benzene rings is 1. The summed E-state index contributed by atoms with van der Waals surface area (Å²) in [5, 5.41) is 8.86. The van der Waals surface area contributed by atoms with Gasteiger partial charge in [-0.3, -0.25) is 9.69 Å². The number of rotatable bonds is 6. The van der Waals surface area contributed by atoms with Crippen LogP contribution in [0.2, 0.25) is 0 Å². The van der Waals surface area contributed by atoms with Crippen molar-refractivity contribution in [2.75, 3.05) is 6.54 Å². The van der Waals surface area contributed by atoms with Crippen LogP contribution in [0.4, 0.5) is 0 Å². The van der Waals surface area contributed by atoms with Crippen LogP contribution in [0.1, 0.15) is 25.8 Å². The SMILES string of the molecule is CCC(C)N(CC(=O)O)Cc1ccccc1.Cl. The van der Waals surface area contributed by atoms with Gasteiger partial charge >= 0.3 is 5.97 Å². The Hall–Kier alpha value is -1.06. The summed E-state index contributed by atoms with van der Waals surface area (Å²) in [5.41, 5.74) is 1.16. The molecule has 0 aliphatic carbocycles. The Kier molecular flexibility index (Phi) is 7.59. The highest BCUT2D eigenvalue weighted by Crippen LogP contribution is 2.10. The van der Waals surface area contributed by atoms with E-state index < -0.39 is 5.97 Å². The summed E-state index contributed by atoms with van der Waals surface area (Å²) in [6, 6.07) is 10.3. The second kappa shape index (κ2) is 8.09. The highest BCUT2D eigenvalue weighted by Gasteiger charge is 2.15. The molecule has 0 spiro atoms. The molecule has 1 atom stereocenters. The minimum absolute atomic E-state index is 0. The molecule has 0 aliphatic rings. The Morgan fingerprint density at radius 2 is 1.94 bits per heavy atom. The molecule has 4 heteroatoms. The molecule has 1 unspecified atom stereocenters. The number of hydrogen-bond acceptors (Lipinski definition) is 2. The quantitative estimate of drug-likeness (QED) is 0.852. The maximum Gasteiger partial charge on any atom is 0.317 e. The van der Waals surface area contributed by atoms with E-state index in [1.807, 2.05) is 35.2 Å². The molecule has 1 aromatic rings. The Morgan fingerprint density at radius 1 is 1.35 bits per heavy atom. The highest BCUT2D eigenvalue weighted by atomic mass is 35.5. The van der Waals surface area contributed by atoms with E-state index in [4.69, 9.17) is 5.11 Å². The molecule has 96 valence electrons. The van der Waals surface area contributed by atoms with Crippen LogP contribution in [0.15, 0.2) is 30.3 Å². The average molecular weight is 258 g/mol. The molecule has 1 N–H and O–H groups in total. The van der Waals surface area contributed by atoms with Gasteiger partial charge in [-0.25, -0.2) is 0 Å². The van der Waals surface area contributed by atoms with E-state index in [2.05, 4.69) is 13.8 Å². The topological polar surface area (TPSA) is 40.5 Å². The molecule has 0 radical (unpaired) electrons. The van der Waals surface area contributed by atoms with Crippen molar-refractivity contribution in [2.45, 2.75) is 32.9 Å². The Balaban J connectivity index is 0.00000256. The maximum absolute atomic E-state index is 10.8. The van der Waals surface area contributed by atoms with Gasteiger partial charge in [0.1, 0.15) is 0 Å². The van der Waals surface area contributed by atoms with Crippen LogP contribution in [0, 0.1) is 0 Å². The Bertz CT molecular complexity index is 329. The molecule has 1 rings (SSSR count). The molecule has 0 amide bonds. The Morgan fingerprint density at radius 3 is 2.41 bits per heavy atom. The second-order valence-electron chi connectivity index (χ2n) is 4.04. The fourth-order valence-electron chi connectivity index (χ4n) is 1.62. The van der Waals surface area contributed by atoms with Gasteiger partial charge < -0.3 is 5.11 Å². The van der Waals surface area contributed by atoms with Gasteiger partial charge in [-0.05, 0) is 18.9 Å². The highest BCUT2D eigenvalue weighted by molar-refractivity contribution is 5.85. The third kappa shape index (κ3) is 5.71. The monoisotopic (exact) mass is 257 g/mol. The van der Waals surface area contributed by atoms with Crippen molar-refractivity contribution in [1.82, 2.24) is 4.90 Å². The number of carboxylic acids is 1. The molecule has 0 heterocycles. The normalized spacial score (nSPS) is 11.9. The van der Waals surface area contributed by atoms with Gasteiger partial charge in [-0.2, -0.15) is 0 Å².